The first kappa shape index (κ1) is 11.2. The van der Waals surface area contributed by atoms with Gasteiger partial charge in [0.1, 0.15) is 0 Å². The molecule has 0 unspecified atom stereocenters. The summed E-state index contributed by atoms with van der Waals surface area (Å²) in [5.74, 6) is 1.46. The SMILES string of the molecule is COc1cc2c(cc1OC)[C@H](CO)NCC2. The summed E-state index contributed by atoms with van der Waals surface area (Å²) in [6.45, 7) is 0.982. The van der Waals surface area contributed by atoms with Crippen LogP contribution in [0.2, 0.25) is 0 Å². The predicted octanol–water partition coefficient (Wildman–Crippen LogP) is 0.883. The molecule has 4 heteroatoms. The van der Waals surface area contributed by atoms with Crippen molar-refractivity contribution in [1.29, 1.82) is 0 Å². The van der Waals surface area contributed by atoms with Gasteiger partial charge in [0.15, 0.2) is 11.5 Å². The Kier molecular flexibility index (Phi) is 3.31. The van der Waals surface area contributed by atoms with Gasteiger partial charge in [-0.15, -0.1) is 0 Å². The molecule has 1 atom stereocenters. The van der Waals surface area contributed by atoms with Crippen molar-refractivity contribution in [3.8, 4) is 11.5 Å². The molecule has 0 bridgehead atoms. The number of aliphatic hydroxyl groups is 1. The average Bonchev–Trinajstić information content (AvgIpc) is 2.36. The van der Waals surface area contributed by atoms with Crippen molar-refractivity contribution in [2.24, 2.45) is 0 Å². The number of ether oxygens (including phenoxy) is 2. The van der Waals surface area contributed by atoms with E-state index >= 15 is 0 Å². The van der Waals surface area contributed by atoms with Gasteiger partial charge in [0.25, 0.3) is 0 Å². The molecular formula is C12H17NO3. The molecule has 0 fully saturated rings. The maximum atomic E-state index is 9.29. The molecule has 2 N–H and O–H groups in total. The molecule has 0 saturated heterocycles. The van der Waals surface area contributed by atoms with Crippen molar-refractivity contribution in [3.05, 3.63) is 23.3 Å². The monoisotopic (exact) mass is 223 g/mol. The lowest BCUT2D eigenvalue weighted by Gasteiger charge is -2.26. The van der Waals surface area contributed by atoms with Gasteiger partial charge >= 0.3 is 0 Å². The highest BCUT2D eigenvalue weighted by molar-refractivity contribution is 5.49. The van der Waals surface area contributed by atoms with Crippen LogP contribution in [0.15, 0.2) is 12.1 Å². The quantitative estimate of drug-likeness (QED) is 0.798. The lowest BCUT2D eigenvalue weighted by Crippen LogP contribution is -2.32. The Hall–Kier alpha value is -1.26. The molecule has 0 amide bonds. The lowest BCUT2D eigenvalue weighted by molar-refractivity contribution is 0.239. The fourth-order valence-corrected chi connectivity index (χ4v) is 2.13. The van der Waals surface area contributed by atoms with E-state index in [1.54, 1.807) is 14.2 Å². The van der Waals surface area contributed by atoms with Crippen molar-refractivity contribution in [1.82, 2.24) is 5.32 Å². The van der Waals surface area contributed by atoms with Crippen LogP contribution in [0.3, 0.4) is 0 Å². The second-order valence-electron chi connectivity index (χ2n) is 3.85. The van der Waals surface area contributed by atoms with Crippen LogP contribution in [0.5, 0.6) is 11.5 Å². The molecule has 2 rings (SSSR count). The van der Waals surface area contributed by atoms with Crippen molar-refractivity contribution in [2.45, 2.75) is 12.5 Å². The zero-order chi connectivity index (χ0) is 11.5. The molecular weight excluding hydrogens is 206 g/mol. The van der Waals surface area contributed by atoms with Crippen molar-refractivity contribution < 1.29 is 14.6 Å². The Labute approximate surface area is 95.2 Å². The van der Waals surface area contributed by atoms with Crippen LogP contribution in [0.1, 0.15) is 17.2 Å². The standard InChI is InChI=1S/C12H17NO3/c1-15-11-5-8-3-4-13-10(7-14)9(8)6-12(11)16-2/h5-6,10,13-14H,3-4,7H2,1-2H3/t10-/m0/s1. The molecule has 88 valence electrons. The van der Waals surface area contributed by atoms with Gasteiger partial charge in [0.05, 0.1) is 26.9 Å². The van der Waals surface area contributed by atoms with E-state index in [1.807, 2.05) is 12.1 Å². The van der Waals surface area contributed by atoms with E-state index in [2.05, 4.69) is 5.32 Å². The normalized spacial score (nSPS) is 19.1. The zero-order valence-corrected chi connectivity index (χ0v) is 9.62. The second-order valence-corrected chi connectivity index (χ2v) is 3.85. The molecule has 0 aromatic heterocycles. The average molecular weight is 223 g/mol. The largest absolute Gasteiger partial charge is 0.493 e. The number of hydrogen-bond donors (Lipinski definition) is 2. The summed E-state index contributed by atoms with van der Waals surface area (Å²) in [7, 11) is 3.25. The zero-order valence-electron chi connectivity index (χ0n) is 9.62. The van der Waals surface area contributed by atoms with Crippen LogP contribution in [-0.4, -0.2) is 32.5 Å². The first-order chi connectivity index (χ1) is 7.80. The fourth-order valence-electron chi connectivity index (χ4n) is 2.13. The number of rotatable bonds is 3. The smallest absolute Gasteiger partial charge is 0.161 e. The molecule has 1 aromatic rings. The van der Waals surface area contributed by atoms with E-state index in [9.17, 15) is 5.11 Å². The molecule has 1 aliphatic heterocycles. The van der Waals surface area contributed by atoms with Crippen LogP contribution < -0.4 is 14.8 Å². The third-order valence-corrected chi connectivity index (χ3v) is 2.99. The number of nitrogens with one attached hydrogen (secondary N) is 1. The maximum Gasteiger partial charge on any atom is 0.161 e. The van der Waals surface area contributed by atoms with Gasteiger partial charge in [0, 0.05) is 0 Å². The Bertz CT molecular complexity index is 379. The Morgan fingerprint density at radius 3 is 2.62 bits per heavy atom. The highest BCUT2D eigenvalue weighted by atomic mass is 16.5. The first-order valence-electron chi connectivity index (χ1n) is 5.39. The summed E-state index contributed by atoms with van der Waals surface area (Å²) in [4.78, 5) is 0. The van der Waals surface area contributed by atoms with Gasteiger partial charge < -0.3 is 19.9 Å². The van der Waals surface area contributed by atoms with Crippen LogP contribution in [0.4, 0.5) is 0 Å². The van der Waals surface area contributed by atoms with Gasteiger partial charge in [-0.3, -0.25) is 0 Å². The topological polar surface area (TPSA) is 50.7 Å². The highest BCUT2D eigenvalue weighted by Gasteiger charge is 2.21. The minimum absolute atomic E-state index is 0.00329. The fraction of sp³-hybridized carbons (Fsp3) is 0.500. The van der Waals surface area contributed by atoms with E-state index < -0.39 is 0 Å². The molecule has 0 spiro atoms. The Balaban J connectivity index is 2.46. The molecule has 0 saturated carbocycles. The van der Waals surface area contributed by atoms with E-state index in [4.69, 9.17) is 9.47 Å². The van der Waals surface area contributed by atoms with E-state index in [0.717, 1.165) is 24.3 Å². The summed E-state index contributed by atoms with van der Waals surface area (Å²) in [6, 6.07) is 3.95. The van der Waals surface area contributed by atoms with Crippen molar-refractivity contribution in [2.75, 3.05) is 27.4 Å². The summed E-state index contributed by atoms with van der Waals surface area (Å²) >= 11 is 0. The molecule has 0 radical (unpaired) electrons. The first-order valence-corrected chi connectivity index (χ1v) is 5.39. The van der Waals surface area contributed by atoms with Crippen molar-refractivity contribution >= 4 is 0 Å². The van der Waals surface area contributed by atoms with E-state index in [-0.39, 0.29) is 12.6 Å². The summed E-state index contributed by atoms with van der Waals surface area (Å²) in [6.07, 6.45) is 0.951. The maximum absolute atomic E-state index is 9.29. The number of aliphatic hydroxyl groups excluding tert-OH is 1. The molecule has 1 aliphatic rings. The minimum Gasteiger partial charge on any atom is -0.493 e. The summed E-state index contributed by atoms with van der Waals surface area (Å²) in [5, 5.41) is 12.6. The van der Waals surface area contributed by atoms with Crippen LogP contribution >= 0.6 is 0 Å². The van der Waals surface area contributed by atoms with E-state index in [0.29, 0.717) is 5.75 Å². The summed E-state index contributed by atoms with van der Waals surface area (Å²) in [5.41, 5.74) is 2.32. The van der Waals surface area contributed by atoms with Crippen LogP contribution in [-0.2, 0) is 6.42 Å². The molecule has 0 aliphatic carbocycles. The van der Waals surface area contributed by atoms with Crippen molar-refractivity contribution in [3.63, 3.8) is 0 Å². The molecule has 4 nitrogen and oxygen atoms in total. The third-order valence-electron chi connectivity index (χ3n) is 2.99. The Morgan fingerprint density at radius 2 is 2.00 bits per heavy atom. The van der Waals surface area contributed by atoms with Crippen LogP contribution in [0, 0.1) is 0 Å². The third kappa shape index (κ3) is 1.86. The molecule has 16 heavy (non-hydrogen) atoms. The van der Waals surface area contributed by atoms with Gasteiger partial charge in [-0.2, -0.15) is 0 Å². The second kappa shape index (κ2) is 4.72. The van der Waals surface area contributed by atoms with Gasteiger partial charge in [0.2, 0.25) is 0 Å². The van der Waals surface area contributed by atoms with Gasteiger partial charge in [-0.05, 0) is 36.2 Å². The highest BCUT2D eigenvalue weighted by Crippen LogP contribution is 2.34. The molecule has 1 aromatic carbocycles. The summed E-state index contributed by atoms with van der Waals surface area (Å²) < 4.78 is 10.5. The van der Waals surface area contributed by atoms with Gasteiger partial charge in [-0.1, -0.05) is 0 Å². The van der Waals surface area contributed by atoms with E-state index in [1.165, 1.54) is 5.56 Å². The van der Waals surface area contributed by atoms with Crippen LogP contribution in [0.25, 0.3) is 0 Å². The Morgan fingerprint density at radius 1 is 1.31 bits per heavy atom. The van der Waals surface area contributed by atoms with Gasteiger partial charge in [-0.25, -0.2) is 0 Å². The minimum atomic E-state index is 0.00329. The molecule has 1 heterocycles. The number of hydrogen-bond acceptors (Lipinski definition) is 4. The lowest BCUT2D eigenvalue weighted by atomic mass is 9.94. The number of benzene rings is 1. The number of fused-ring (bicyclic) bond motifs is 1. The number of methoxy groups -OCH3 is 2. The predicted molar refractivity (Wildman–Crippen MR) is 61.1 cm³/mol.